The molecule has 3 aromatic carbocycles. The van der Waals surface area contributed by atoms with Crippen molar-refractivity contribution in [3.05, 3.63) is 94.5 Å². The molecule has 0 atom stereocenters. The number of nitriles is 1. The van der Waals surface area contributed by atoms with Crippen LogP contribution in [-0.2, 0) is 16.1 Å². The van der Waals surface area contributed by atoms with Crippen molar-refractivity contribution in [1.82, 2.24) is 5.32 Å². The summed E-state index contributed by atoms with van der Waals surface area (Å²) < 4.78 is 11.3. The minimum absolute atomic E-state index is 0.0452. The van der Waals surface area contributed by atoms with Gasteiger partial charge in [0.05, 0.1) is 17.3 Å². The van der Waals surface area contributed by atoms with Gasteiger partial charge in [-0.15, -0.1) is 0 Å². The third kappa shape index (κ3) is 7.63. The van der Waals surface area contributed by atoms with Gasteiger partial charge in [0.15, 0.2) is 18.1 Å². The Kier molecular flexibility index (Phi) is 9.29. The first-order valence-electron chi connectivity index (χ1n) is 10.9. The number of rotatable bonds is 10. The number of ether oxygens (including phenoxy) is 2. The Hall–Kier alpha value is -4.28. The second-order valence-electron chi connectivity index (χ2n) is 7.29. The van der Waals surface area contributed by atoms with Gasteiger partial charge in [0.2, 0.25) is 0 Å². The van der Waals surface area contributed by atoms with Gasteiger partial charge in [-0.05, 0) is 48.4 Å². The zero-order chi connectivity index (χ0) is 25.0. The minimum Gasteiger partial charge on any atom is -0.490 e. The molecule has 0 aliphatic heterocycles. The fraction of sp³-hybridized carbons (Fsp3) is 0.148. The molecule has 0 radical (unpaired) electrons. The fourth-order valence-corrected chi connectivity index (χ4v) is 3.27. The molecule has 0 unspecified atom stereocenters. The maximum Gasteiger partial charge on any atom is 0.262 e. The predicted octanol–water partition coefficient (Wildman–Crippen LogP) is 4.98. The number of benzene rings is 3. The number of hydrogen-bond donors (Lipinski definition) is 2. The van der Waals surface area contributed by atoms with Gasteiger partial charge >= 0.3 is 0 Å². The van der Waals surface area contributed by atoms with Gasteiger partial charge in [0, 0.05) is 6.54 Å². The molecule has 0 aromatic heterocycles. The molecular formula is C27H24ClN3O4. The number of amides is 2. The smallest absolute Gasteiger partial charge is 0.262 e. The first-order valence-corrected chi connectivity index (χ1v) is 11.3. The van der Waals surface area contributed by atoms with Crippen LogP contribution in [0.3, 0.4) is 0 Å². The van der Waals surface area contributed by atoms with E-state index in [9.17, 15) is 14.9 Å². The van der Waals surface area contributed by atoms with Crippen molar-refractivity contribution in [3.8, 4) is 17.6 Å². The van der Waals surface area contributed by atoms with E-state index in [-0.39, 0.29) is 18.1 Å². The standard InChI is InChI=1S/C27H24ClN3O4/c1-2-34-25-15-20(14-21(16-29)27(33)30-17-19-8-4-3-5-9-19)12-13-24(25)35-18-26(32)31-23-11-7-6-10-22(23)28/h3-15H,2,17-18H2,1H3,(H,30,33)(H,31,32)/b21-14+. The maximum absolute atomic E-state index is 12.5. The van der Waals surface area contributed by atoms with Gasteiger partial charge in [-0.25, -0.2) is 0 Å². The van der Waals surface area contributed by atoms with Gasteiger partial charge in [0.25, 0.3) is 11.8 Å². The van der Waals surface area contributed by atoms with E-state index in [0.717, 1.165) is 5.56 Å². The molecule has 0 aliphatic carbocycles. The highest BCUT2D eigenvalue weighted by atomic mass is 35.5. The summed E-state index contributed by atoms with van der Waals surface area (Å²) in [6.45, 7) is 2.23. The number of halogens is 1. The van der Waals surface area contributed by atoms with Crippen LogP contribution in [0.1, 0.15) is 18.1 Å². The molecule has 0 aliphatic rings. The number of nitrogens with one attached hydrogen (secondary N) is 2. The van der Waals surface area contributed by atoms with E-state index in [1.54, 1.807) is 42.5 Å². The molecular weight excluding hydrogens is 466 g/mol. The Morgan fingerprint density at radius 3 is 2.46 bits per heavy atom. The molecule has 0 heterocycles. The van der Waals surface area contributed by atoms with Crippen LogP contribution in [0.2, 0.25) is 5.02 Å². The monoisotopic (exact) mass is 489 g/mol. The molecule has 7 nitrogen and oxygen atoms in total. The summed E-state index contributed by atoms with van der Waals surface area (Å²) in [6.07, 6.45) is 1.47. The van der Waals surface area contributed by atoms with Gasteiger partial charge in [-0.2, -0.15) is 5.26 Å². The minimum atomic E-state index is -0.481. The molecule has 3 aromatic rings. The van der Waals surface area contributed by atoms with Crippen LogP contribution >= 0.6 is 11.6 Å². The lowest BCUT2D eigenvalue weighted by molar-refractivity contribution is -0.118. The van der Waals surface area contributed by atoms with Crippen molar-refractivity contribution in [2.24, 2.45) is 0 Å². The van der Waals surface area contributed by atoms with Gasteiger partial charge in [-0.1, -0.05) is 60.1 Å². The summed E-state index contributed by atoms with van der Waals surface area (Å²) in [5.74, 6) is -0.128. The number of nitrogens with zero attached hydrogens (tertiary/aromatic N) is 1. The van der Waals surface area contributed by atoms with Crippen molar-refractivity contribution in [3.63, 3.8) is 0 Å². The van der Waals surface area contributed by atoms with E-state index < -0.39 is 5.91 Å². The van der Waals surface area contributed by atoms with E-state index in [1.807, 2.05) is 43.3 Å². The molecule has 3 rings (SSSR count). The first kappa shape index (κ1) is 25.3. The summed E-state index contributed by atoms with van der Waals surface area (Å²) in [5.41, 5.74) is 1.95. The molecule has 2 amide bonds. The van der Waals surface area contributed by atoms with Crippen LogP contribution in [0, 0.1) is 11.3 Å². The molecule has 0 saturated carbocycles. The molecule has 0 spiro atoms. The van der Waals surface area contributed by atoms with Crippen molar-refractivity contribution >= 4 is 35.2 Å². The van der Waals surface area contributed by atoms with E-state index in [4.69, 9.17) is 21.1 Å². The topological polar surface area (TPSA) is 100 Å². The van der Waals surface area contributed by atoms with Crippen LogP contribution < -0.4 is 20.1 Å². The predicted molar refractivity (Wildman–Crippen MR) is 135 cm³/mol. The van der Waals surface area contributed by atoms with Crippen LogP contribution in [-0.4, -0.2) is 25.0 Å². The largest absolute Gasteiger partial charge is 0.490 e. The molecule has 0 bridgehead atoms. The Balaban J connectivity index is 1.67. The number of anilines is 1. The first-order chi connectivity index (χ1) is 17.0. The van der Waals surface area contributed by atoms with E-state index in [1.165, 1.54) is 6.08 Å². The van der Waals surface area contributed by atoms with Gasteiger partial charge < -0.3 is 20.1 Å². The average molecular weight is 490 g/mol. The highest BCUT2D eigenvalue weighted by Gasteiger charge is 2.13. The molecule has 35 heavy (non-hydrogen) atoms. The van der Waals surface area contributed by atoms with Crippen LogP contribution in [0.4, 0.5) is 5.69 Å². The summed E-state index contributed by atoms with van der Waals surface area (Å²) in [4.78, 5) is 24.7. The normalized spacial score (nSPS) is 10.7. The molecule has 178 valence electrons. The number of para-hydroxylation sites is 1. The Morgan fingerprint density at radius 1 is 1.00 bits per heavy atom. The van der Waals surface area contributed by atoms with Crippen molar-refractivity contribution < 1.29 is 19.1 Å². The lowest BCUT2D eigenvalue weighted by atomic mass is 10.1. The van der Waals surface area contributed by atoms with Gasteiger partial charge in [0.1, 0.15) is 11.6 Å². The SMILES string of the molecule is CCOc1cc(/C=C(\C#N)C(=O)NCc2ccccc2)ccc1OCC(=O)Nc1ccccc1Cl. The quantitative estimate of drug-likeness (QED) is 0.309. The van der Waals surface area contributed by atoms with Gasteiger partial charge in [-0.3, -0.25) is 9.59 Å². The zero-order valence-corrected chi connectivity index (χ0v) is 19.8. The second kappa shape index (κ2) is 12.8. The highest BCUT2D eigenvalue weighted by Crippen LogP contribution is 2.29. The van der Waals surface area contributed by atoms with Crippen LogP contribution in [0.5, 0.6) is 11.5 Å². The summed E-state index contributed by atoms with van der Waals surface area (Å²) in [5, 5.41) is 15.3. The Labute approximate surface area is 208 Å². The maximum atomic E-state index is 12.5. The van der Waals surface area contributed by atoms with Crippen LogP contribution in [0.15, 0.2) is 78.4 Å². The molecule has 8 heteroatoms. The summed E-state index contributed by atoms with van der Waals surface area (Å²) >= 11 is 6.06. The third-order valence-electron chi connectivity index (χ3n) is 4.75. The lowest BCUT2D eigenvalue weighted by Crippen LogP contribution is -2.23. The van der Waals surface area contributed by atoms with E-state index in [2.05, 4.69) is 10.6 Å². The Bertz CT molecular complexity index is 1250. The van der Waals surface area contributed by atoms with E-state index >= 15 is 0 Å². The number of carbonyl (C=O) groups excluding carboxylic acids is 2. The lowest BCUT2D eigenvalue weighted by Gasteiger charge is -2.13. The number of carbonyl (C=O) groups is 2. The number of hydrogen-bond acceptors (Lipinski definition) is 5. The van der Waals surface area contributed by atoms with Crippen molar-refractivity contribution in [1.29, 1.82) is 5.26 Å². The van der Waals surface area contributed by atoms with Crippen molar-refractivity contribution in [2.75, 3.05) is 18.5 Å². The highest BCUT2D eigenvalue weighted by molar-refractivity contribution is 6.33. The summed E-state index contributed by atoms with van der Waals surface area (Å²) in [6, 6.07) is 23.2. The molecule has 2 N–H and O–H groups in total. The zero-order valence-electron chi connectivity index (χ0n) is 19.1. The van der Waals surface area contributed by atoms with Crippen LogP contribution in [0.25, 0.3) is 6.08 Å². The van der Waals surface area contributed by atoms with Crippen molar-refractivity contribution in [2.45, 2.75) is 13.5 Å². The second-order valence-corrected chi connectivity index (χ2v) is 7.70. The molecule has 0 fully saturated rings. The molecule has 0 saturated heterocycles. The average Bonchev–Trinajstić information content (AvgIpc) is 2.87. The fourth-order valence-electron chi connectivity index (χ4n) is 3.08. The van der Waals surface area contributed by atoms with E-state index in [0.29, 0.717) is 40.9 Å². The summed E-state index contributed by atoms with van der Waals surface area (Å²) in [7, 11) is 0. The third-order valence-corrected chi connectivity index (χ3v) is 5.08. The Morgan fingerprint density at radius 2 is 1.74 bits per heavy atom.